The van der Waals surface area contributed by atoms with E-state index in [0.717, 1.165) is 22.9 Å². The number of rotatable bonds is 4. The van der Waals surface area contributed by atoms with E-state index in [1.807, 2.05) is 18.2 Å². The zero-order valence-electron chi connectivity index (χ0n) is 12.6. The molecule has 112 valence electrons. The molecule has 2 atom stereocenters. The molecule has 0 amide bonds. The molecule has 1 fully saturated rings. The fraction of sp³-hybridized carbons (Fsp3) is 0.500. The number of nitrogens with zero attached hydrogens (tertiary/aromatic N) is 2. The van der Waals surface area contributed by atoms with Crippen LogP contribution in [0.2, 0.25) is 0 Å². The Bertz CT molecular complexity index is 568. The zero-order valence-corrected chi connectivity index (χ0v) is 13.4. The zero-order chi connectivity index (χ0) is 15.4. The molecule has 1 saturated heterocycles. The Morgan fingerprint density at radius 3 is 2.90 bits per heavy atom. The van der Waals surface area contributed by atoms with E-state index in [9.17, 15) is 10.1 Å². The Morgan fingerprint density at radius 2 is 2.29 bits per heavy atom. The maximum absolute atomic E-state index is 11.8. The molecule has 21 heavy (non-hydrogen) atoms. The van der Waals surface area contributed by atoms with Crippen LogP contribution in [0.4, 0.5) is 5.69 Å². The van der Waals surface area contributed by atoms with Crippen molar-refractivity contribution in [3.05, 3.63) is 23.8 Å². The van der Waals surface area contributed by atoms with E-state index in [-0.39, 0.29) is 17.8 Å². The van der Waals surface area contributed by atoms with Gasteiger partial charge in [0.05, 0.1) is 24.3 Å². The molecular formula is C16H20N2O2S. The van der Waals surface area contributed by atoms with Gasteiger partial charge in [-0.25, -0.2) is 0 Å². The summed E-state index contributed by atoms with van der Waals surface area (Å²) < 4.78 is 4.87. The SMILES string of the molecule is CCSc1cccc(N2CC(C)C(C(=O)OC)C2)c1C#N. The predicted molar refractivity (Wildman–Crippen MR) is 84.4 cm³/mol. The lowest BCUT2D eigenvalue weighted by Crippen LogP contribution is -2.24. The Labute approximate surface area is 130 Å². The molecule has 0 aliphatic carbocycles. The van der Waals surface area contributed by atoms with Crippen LogP contribution in [0.5, 0.6) is 0 Å². The van der Waals surface area contributed by atoms with Gasteiger partial charge in [0, 0.05) is 18.0 Å². The predicted octanol–water partition coefficient (Wildman–Crippen LogP) is 2.92. The molecule has 1 aliphatic rings. The Morgan fingerprint density at radius 1 is 1.52 bits per heavy atom. The minimum atomic E-state index is -0.164. The second-order valence-corrected chi connectivity index (χ2v) is 6.51. The minimum absolute atomic E-state index is 0.121. The van der Waals surface area contributed by atoms with E-state index < -0.39 is 0 Å². The molecule has 1 aromatic rings. The van der Waals surface area contributed by atoms with Gasteiger partial charge in [0.25, 0.3) is 0 Å². The summed E-state index contributed by atoms with van der Waals surface area (Å²) in [4.78, 5) is 14.9. The monoisotopic (exact) mass is 304 g/mol. The summed E-state index contributed by atoms with van der Waals surface area (Å²) in [5.74, 6) is 0.873. The van der Waals surface area contributed by atoms with Gasteiger partial charge in [0.1, 0.15) is 6.07 Å². The van der Waals surface area contributed by atoms with E-state index in [2.05, 4.69) is 24.8 Å². The Hall–Kier alpha value is -1.67. The molecule has 2 unspecified atom stereocenters. The molecule has 2 rings (SSSR count). The molecule has 0 aromatic heterocycles. The number of hydrogen-bond acceptors (Lipinski definition) is 5. The third-order valence-corrected chi connectivity index (χ3v) is 4.81. The molecular weight excluding hydrogens is 284 g/mol. The van der Waals surface area contributed by atoms with Crippen molar-refractivity contribution in [1.29, 1.82) is 5.26 Å². The number of hydrogen-bond donors (Lipinski definition) is 0. The van der Waals surface area contributed by atoms with Gasteiger partial charge in [-0.1, -0.05) is 19.9 Å². The van der Waals surface area contributed by atoms with Crippen molar-refractivity contribution >= 4 is 23.4 Å². The topological polar surface area (TPSA) is 53.3 Å². The summed E-state index contributed by atoms with van der Waals surface area (Å²) in [5, 5.41) is 9.49. The first-order valence-electron chi connectivity index (χ1n) is 7.11. The van der Waals surface area contributed by atoms with E-state index in [1.54, 1.807) is 11.8 Å². The molecule has 0 bridgehead atoms. The first kappa shape index (κ1) is 15.7. The first-order chi connectivity index (χ1) is 10.1. The number of carbonyl (C=O) groups is 1. The number of ether oxygens (including phenoxy) is 1. The van der Waals surface area contributed by atoms with Crippen molar-refractivity contribution in [2.24, 2.45) is 11.8 Å². The number of esters is 1. The van der Waals surface area contributed by atoms with Crippen LogP contribution in [-0.4, -0.2) is 31.9 Å². The molecule has 1 aromatic carbocycles. The van der Waals surface area contributed by atoms with Crippen molar-refractivity contribution in [2.45, 2.75) is 18.7 Å². The number of carbonyl (C=O) groups excluding carboxylic acids is 1. The normalized spacial score (nSPS) is 21.1. The Kier molecular flexibility index (Phi) is 5.13. The summed E-state index contributed by atoms with van der Waals surface area (Å²) in [6, 6.07) is 8.24. The summed E-state index contributed by atoms with van der Waals surface area (Å²) >= 11 is 1.67. The van der Waals surface area contributed by atoms with E-state index in [4.69, 9.17) is 4.74 Å². The highest BCUT2D eigenvalue weighted by molar-refractivity contribution is 7.99. The van der Waals surface area contributed by atoms with Crippen molar-refractivity contribution in [2.75, 3.05) is 30.9 Å². The standard InChI is InChI=1S/C16H20N2O2S/c1-4-21-15-7-5-6-14(12(15)8-17)18-9-11(2)13(10-18)16(19)20-3/h5-7,11,13H,4,9-10H2,1-3H3. The molecule has 0 N–H and O–H groups in total. The quantitative estimate of drug-likeness (QED) is 0.632. The van der Waals surface area contributed by atoms with Gasteiger partial charge >= 0.3 is 5.97 Å². The number of methoxy groups -OCH3 is 1. The van der Waals surface area contributed by atoms with Gasteiger partial charge in [0.2, 0.25) is 0 Å². The van der Waals surface area contributed by atoms with E-state index in [1.165, 1.54) is 7.11 Å². The lowest BCUT2D eigenvalue weighted by Gasteiger charge is -2.21. The van der Waals surface area contributed by atoms with Gasteiger partial charge < -0.3 is 9.64 Å². The first-order valence-corrected chi connectivity index (χ1v) is 8.09. The summed E-state index contributed by atoms with van der Waals surface area (Å²) in [6.07, 6.45) is 0. The lowest BCUT2D eigenvalue weighted by atomic mass is 9.99. The van der Waals surface area contributed by atoms with Crippen LogP contribution in [0.25, 0.3) is 0 Å². The van der Waals surface area contributed by atoms with Crippen LogP contribution in [0, 0.1) is 23.2 Å². The van der Waals surface area contributed by atoms with Gasteiger partial charge in [0.15, 0.2) is 0 Å². The molecule has 1 heterocycles. The number of thioether (sulfide) groups is 1. The summed E-state index contributed by atoms with van der Waals surface area (Å²) in [6.45, 7) is 5.51. The number of nitriles is 1. The van der Waals surface area contributed by atoms with Crippen LogP contribution in [0.3, 0.4) is 0 Å². The van der Waals surface area contributed by atoms with E-state index in [0.29, 0.717) is 12.1 Å². The van der Waals surface area contributed by atoms with Crippen LogP contribution >= 0.6 is 11.8 Å². The van der Waals surface area contributed by atoms with Gasteiger partial charge in [-0.2, -0.15) is 5.26 Å². The highest BCUT2D eigenvalue weighted by atomic mass is 32.2. The molecule has 0 saturated carbocycles. The molecule has 1 aliphatic heterocycles. The second kappa shape index (κ2) is 6.86. The van der Waals surface area contributed by atoms with Crippen LogP contribution in [-0.2, 0) is 9.53 Å². The summed E-state index contributed by atoms with van der Waals surface area (Å²) in [5.41, 5.74) is 1.64. The highest BCUT2D eigenvalue weighted by Crippen LogP contribution is 2.35. The molecule has 5 heteroatoms. The lowest BCUT2D eigenvalue weighted by molar-refractivity contribution is -0.145. The van der Waals surface area contributed by atoms with Crippen molar-refractivity contribution in [3.8, 4) is 6.07 Å². The molecule has 4 nitrogen and oxygen atoms in total. The van der Waals surface area contributed by atoms with Gasteiger partial charge in [-0.15, -0.1) is 11.8 Å². The molecule has 0 spiro atoms. The van der Waals surface area contributed by atoms with E-state index >= 15 is 0 Å². The minimum Gasteiger partial charge on any atom is -0.469 e. The third-order valence-electron chi connectivity index (χ3n) is 3.87. The van der Waals surface area contributed by atoms with Crippen LogP contribution in [0.15, 0.2) is 23.1 Å². The van der Waals surface area contributed by atoms with Crippen LogP contribution in [0.1, 0.15) is 19.4 Å². The fourth-order valence-electron chi connectivity index (χ4n) is 2.79. The maximum atomic E-state index is 11.8. The van der Waals surface area contributed by atoms with Crippen LogP contribution < -0.4 is 4.90 Å². The third kappa shape index (κ3) is 3.16. The second-order valence-electron chi connectivity index (χ2n) is 5.21. The van der Waals surface area contributed by atoms with Crippen molar-refractivity contribution in [1.82, 2.24) is 0 Å². The van der Waals surface area contributed by atoms with Crippen molar-refractivity contribution in [3.63, 3.8) is 0 Å². The molecule has 0 radical (unpaired) electrons. The average Bonchev–Trinajstić information content (AvgIpc) is 2.88. The maximum Gasteiger partial charge on any atom is 0.310 e. The number of anilines is 1. The smallest absolute Gasteiger partial charge is 0.310 e. The number of benzene rings is 1. The largest absolute Gasteiger partial charge is 0.469 e. The fourth-order valence-corrected chi connectivity index (χ4v) is 3.57. The van der Waals surface area contributed by atoms with Gasteiger partial charge in [-0.05, 0) is 23.8 Å². The average molecular weight is 304 g/mol. The Balaban J connectivity index is 2.29. The highest BCUT2D eigenvalue weighted by Gasteiger charge is 2.36. The van der Waals surface area contributed by atoms with Crippen molar-refractivity contribution < 1.29 is 9.53 Å². The van der Waals surface area contributed by atoms with Gasteiger partial charge in [-0.3, -0.25) is 4.79 Å². The summed E-state index contributed by atoms with van der Waals surface area (Å²) in [7, 11) is 1.43.